The third-order valence-electron chi connectivity index (χ3n) is 3.26. The van der Waals surface area contributed by atoms with E-state index in [1.165, 1.54) is 33.3 Å². The molecule has 0 spiro atoms. The van der Waals surface area contributed by atoms with Crippen molar-refractivity contribution in [2.24, 2.45) is 5.92 Å². The van der Waals surface area contributed by atoms with Crippen molar-refractivity contribution >= 4 is 23.6 Å². The van der Waals surface area contributed by atoms with Crippen molar-refractivity contribution in [3.05, 3.63) is 41.7 Å². The lowest BCUT2D eigenvalue weighted by molar-refractivity contribution is -0.151. The summed E-state index contributed by atoms with van der Waals surface area (Å²) in [4.78, 5) is 35.5. The second-order valence-corrected chi connectivity index (χ2v) is 4.86. The second kappa shape index (κ2) is 6.91. The third kappa shape index (κ3) is 3.66. The number of hydrogen-bond acceptors (Lipinski definition) is 6. The van der Waals surface area contributed by atoms with Gasteiger partial charge in [0.05, 0.1) is 14.2 Å². The molecule has 0 aromatic heterocycles. The summed E-state index contributed by atoms with van der Waals surface area (Å²) in [6, 6.07) is 5.08. The molecule has 0 saturated heterocycles. The molecular weight excluding hydrogens is 300 g/mol. The highest BCUT2D eigenvalue weighted by Crippen LogP contribution is 2.28. The fourth-order valence-corrected chi connectivity index (χ4v) is 2.13. The number of hydrogen-bond donors (Lipinski definition) is 0. The van der Waals surface area contributed by atoms with Gasteiger partial charge in [-0.1, -0.05) is 12.1 Å². The molecule has 1 aromatic rings. The van der Waals surface area contributed by atoms with Crippen molar-refractivity contribution in [1.82, 2.24) is 0 Å². The molecule has 1 atom stereocenters. The van der Waals surface area contributed by atoms with E-state index in [4.69, 9.17) is 14.2 Å². The monoisotopic (exact) mass is 316 g/mol. The highest BCUT2D eigenvalue weighted by atomic mass is 16.5. The van der Waals surface area contributed by atoms with Gasteiger partial charge in [0, 0.05) is 6.08 Å². The van der Waals surface area contributed by atoms with Crippen LogP contribution in [0.4, 0.5) is 0 Å². The number of cyclic esters (lactones) is 1. The average Bonchev–Trinajstić information content (AvgIpc) is 2.51. The molecule has 2 rings (SSSR count). The molecule has 0 N–H and O–H groups in total. The largest absolute Gasteiger partial charge is 0.493 e. The number of ketones is 2. The Kier molecular flexibility index (Phi) is 4.95. The van der Waals surface area contributed by atoms with Gasteiger partial charge in [0.2, 0.25) is 0 Å². The van der Waals surface area contributed by atoms with Gasteiger partial charge in [-0.05, 0) is 30.7 Å². The van der Waals surface area contributed by atoms with Crippen LogP contribution in [0.1, 0.15) is 12.5 Å². The Labute approximate surface area is 133 Å². The lowest BCUT2D eigenvalue weighted by atomic mass is 9.96. The Morgan fingerprint density at radius 1 is 1.17 bits per heavy atom. The summed E-state index contributed by atoms with van der Waals surface area (Å²) >= 11 is 0. The van der Waals surface area contributed by atoms with E-state index >= 15 is 0 Å². The summed E-state index contributed by atoms with van der Waals surface area (Å²) in [6.45, 7) is 1.48. The van der Waals surface area contributed by atoms with Crippen molar-refractivity contribution in [3.8, 4) is 11.5 Å². The van der Waals surface area contributed by atoms with Crippen LogP contribution in [-0.4, -0.2) is 31.8 Å². The maximum Gasteiger partial charge on any atom is 0.329 e. The highest BCUT2D eigenvalue weighted by molar-refractivity contribution is 6.25. The first-order chi connectivity index (χ1) is 11.0. The predicted molar refractivity (Wildman–Crippen MR) is 81.9 cm³/mol. The van der Waals surface area contributed by atoms with E-state index in [9.17, 15) is 14.4 Å². The smallest absolute Gasteiger partial charge is 0.329 e. The molecule has 120 valence electrons. The minimum atomic E-state index is -1.44. The topological polar surface area (TPSA) is 78.9 Å². The highest BCUT2D eigenvalue weighted by Gasteiger charge is 2.36. The van der Waals surface area contributed by atoms with Gasteiger partial charge in [0.25, 0.3) is 0 Å². The van der Waals surface area contributed by atoms with Gasteiger partial charge in [-0.25, -0.2) is 0 Å². The normalized spacial score (nSPS) is 17.7. The van der Waals surface area contributed by atoms with E-state index in [0.717, 1.165) is 6.08 Å². The minimum Gasteiger partial charge on any atom is -0.493 e. The van der Waals surface area contributed by atoms with Gasteiger partial charge in [0.1, 0.15) is 5.76 Å². The number of methoxy groups -OCH3 is 2. The second-order valence-electron chi connectivity index (χ2n) is 4.86. The standard InChI is InChI=1S/C17H16O6/c1-10-8-13(19)16(17(20)23-10)12(18)6-4-11-5-7-14(21-2)15(9-11)22-3/h4-9,16H,1-3H3/b6-4+/t16-/m1/s1. The number of carbonyl (C=O) groups is 3. The summed E-state index contributed by atoms with van der Waals surface area (Å²) < 4.78 is 15.1. The molecule has 0 unspecified atom stereocenters. The molecule has 0 amide bonds. The average molecular weight is 316 g/mol. The molecule has 0 saturated carbocycles. The third-order valence-corrected chi connectivity index (χ3v) is 3.26. The van der Waals surface area contributed by atoms with Crippen molar-refractivity contribution in [2.75, 3.05) is 14.2 Å². The Hall–Kier alpha value is -2.89. The number of rotatable bonds is 5. The number of ether oxygens (including phenoxy) is 3. The molecule has 0 bridgehead atoms. The van der Waals surface area contributed by atoms with Crippen LogP contribution in [0.3, 0.4) is 0 Å². The predicted octanol–water partition coefficient (Wildman–Crippen LogP) is 1.93. The molecule has 0 aliphatic carbocycles. The quantitative estimate of drug-likeness (QED) is 0.469. The van der Waals surface area contributed by atoms with Crippen LogP contribution in [0, 0.1) is 5.92 Å². The zero-order valence-electron chi connectivity index (χ0n) is 13.0. The molecule has 6 heteroatoms. The minimum absolute atomic E-state index is 0.188. The summed E-state index contributed by atoms with van der Waals surface area (Å²) in [5.74, 6) is -2.23. The van der Waals surface area contributed by atoms with Crippen LogP contribution in [0.25, 0.3) is 6.08 Å². The Morgan fingerprint density at radius 3 is 2.48 bits per heavy atom. The van der Waals surface area contributed by atoms with E-state index in [0.29, 0.717) is 17.1 Å². The molecule has 1 aliphatic rings. The van der Waals surface area contributed by atoms with Gasteiger partial charge in [-0.3, -0.25) is 14.4 Å². The van der Waals surface area contributed by atoms with Crippen molar-refractivity contribution in [1.29, 1.82) is 0 Å². The molecule has 23 heavy (non-hydrogen) atoms. The Balaban J connectivity index is 2.18. The summed E-state index contributed by atoms with van der Waals surface area (Å²) in [5, 5.41) is 0. The van der Waals surface area contributed by atoms with Crippen molar-refractivity contribution in [3.63, 3.8) is 0 Å². The van der Waals surface area contributed by atoms with E-state index in [2.05, 4.69) is 0 Å². The Morgan fingerprint density at radius 2 is 1.87 bits per heavy atom. The summed E-state index contributed by atoms with van der Waals surface area (Å²) in [5.41, 5.74) is 0.666. The van der Waals surface area contributed by atoms with E-state index in [1.807, 2.05) is 0 Å². The summed E-state index contributed by atoms with van der Waals surface area (Å²) in [6.07, 6.45) is 3.82. The zero-order chi connectivity index (χ0) is 17.0. The fourth-order valence-electron chi connectivity index (χ4n) is 2.13. The molecule has 0 radical (unpaired) electrons. The van der Waals surface area contributed by atoms with Gasteiger partial charge in [-0.2, -0.15) is 0 Å². The van der Waals surface area contributed by atoms with Gasteiger partial charge in [0.15, 0.2) is 29.0 Å². The van der Waals surface area contributed by atoms with E-state index < -0.39 is 23.5 Å². The zero-order valence-corrected chi connectivity index (χ0v) is 13.0. The number of benzene rings is 1. The van der Waals surface area contributed by atoms with Crippen molar-refractivity contribution in [2.45, 2.75) is 6.92 Å². The maximum atomic E-state index is 12.1. The molecular formula is C17H16O6. The van der Waals surface area contributed by atoms with Crippen molar-refractivity contribution < 1.29 is 28.6 Å². The van der Waals surface area contributed by atoms with E-state index in [1.54, 1.807) is 18.2 Å². The molecule has 6 nitrogen and oxygen atoms in total. The lowest BCUT2D eigenvalue weighted by Crippen LogP contribution is -2.34. The first-order valence-corrected chi connectivity index (χ1v) is 6.84. The first-order valence-electron chi connectivity index (χ1n) is 6.84. The first kappa shape index (κ1) is 16.5. The van der Waals surface area contributed by atoms with Crippen LogP contribution in [0.15, 0.2) is 36.1 Å². The fraction of sp³-hybridized carbons (Fsp3) is 0.235. The number of esters is 1. The number of allylic oxidation sites excluding steroid dienone is 3. The summed E-state index contributed by atoms with van der Waals surface area (Å²) in [7, 11) is 3.02. The van der Waals surface area contributed by atoms with Crippen LogP contribution >= 0.6 is 0 Å². The van der Waals surface area contributed by atoms with Crippen LogP contribution in [0.2, 0.25) is 0 Å². The molecule has 1 aromatic carbocycles. The van der Waals surface area contributed by atoms with Crippen LogP contribution < -0.4 is 9.47 Å². The van der Waals surface area contributed by atoms with E-state index in [-0.39, 0.29) is 5.76 Å². The maximum absolute atomic E-state index is 12.1. The SMILES string of the molecule is COc1ccc(/C=C/C(=O)[C@@H]2C(=O)C=C(C)OC2=O)cc1OC. The lowest BCUT2D eigenvalue weighted by Gasteiger charge is -2.15. The van der Waals surface area contributed by atoms with Crippen LogP contribution in [-0.2, 0) is 19.1 Å². The van der Waals surface area contributed by atoms with Gasteiger partial charge < -0.3 is 14.2 Å². The van der Waals surface area contributed by atoms with Gasteiger partial charge in [-0.15, -0.1) is 0 Å². The van der Waals surface area contributed by atoms with Crippen LogP contribution in [0.5, 0.6) is 11.5 Å². The molecule has 0 fully saturated rings. The Bertz CT molecular complexity index is 714. The molecule has 1 aliphatic heterocycles. The molecule has 1 heterocycles. The van der Waals surface area contributed by atoms with Gasteiger partial charge >= 0.3 is 5.97 Å². The number of carbonyl (C=O) groups excluding carboxylic acids is 3.